The molecule has 1 amide bonds. The summed E-state index contributed by atoms with van der Waals surface area (Å²) in [4.78, 5) is 22.8. The summed E-state index contributed by atoms with van der Waals surface area (Å²) >= 11 is 21.7. The molecule has 1 aromatic rings. The number of benzene rings is 1. The van der Waals surface area contributed by atoms with E-state index in [1.54, 1.807) is 18.2 Å². The number of carbonyl (C=O) groups is 2. The minimum Gasteiger partial charge on any atom is -0.345 e. The first-order valence-electron chi connectivity index (χ1n) is 4.44. The number of alkyl halides is 3. The summed E-state index contributed by atoms with van der Waals surface area (Å²) in [6.07, 6.45) is 0. The molecular formula is C10H7Cl4NO2. The molecule has 0 bridgehead atoms. The fraction of sp³-hybridized carbons (Fsp3) is 0.200. The smallest absolute Gasteiger partial charge is 0.272 e. The van der Waals surface area contributed by atoms with Gasteiger partial charge in [0.1, 0.15) is 0 Å². The van der Waals surface area contributed by atoms with Crippen molar-refractivity contribution in [2.75, 3.05) is 6.54 Å². The number of ketones is 1. The molecule has 0 aliphatic carbocycles. The van der Waals surface area contributed by atoms with Crippen LogP contribution >= 0.6 is 46.4 Å². The number of hydrogen-bond donors (Lipinski definition) is 1. The van der Waals surface area contributed by atoms with Crippen LogP contribution in [0.5, 0.6) is 0 Å². The van der Waals surface area contributed by atoms with Gasteiger partial charge in [-0.3, -0.25) is 9.59 Å². The van der Waals surface area contributed by atoms with E-state index in [0.29, 0.717) is 10.6 Å². The van der Waals surface area contributed by atoms with Crippen molar-refractivity contribution in [1.82, 2.24) is 5.32 Å². The monoisotopic (exact) mass is 313 g/mol. The molecule has 0 aliphatic heterocycles. The summed E-state index contributed by atoms with van der Waals surface area (Å²) in [7, 11) is 0. The Kier molecular flexibility index (Phi) is 5.07. The van der Waals surface area contributed by atoms with Crippen LogP contribution in [0, 0.1) is 0 Å². The zero-order valence-corrected chi connectivity index (χ0v) is 11.4. The van der Waals surface area contributed by atoms with Crippen molar-refractivity contribution in [3.63, 3.8) is 0 Å². The molecule has 1 N–H and O–H groups in total. The van der Waals surface area contributed by atoms with Gasteiger partial charge in [0.2, 0.25) is 0 Å². The summed E-state index contributed by atoms with van der Waals surface area (Å²) in [6, 6.07) is 6.34. The number of hydrogen-bond acceptors (Lipinski definition) is 2. The Morgan fingerprint density at radius 3 is 2.41 bits per heavy atom. The maximum Gasteiger partial charge on any atom is 0.272 e. The highest BCUT2D eigenvalue weighted by molar-refractivity contribution is 6.76. The fourth-order valence-corrected chi connectivity index (χ4v) is 1.42. The van der Waals surface area contributed by atoms with Crippen LogP contribution in [0.4, 0.5) is 0 Å². The van der Waals surface area contributed by atoms with Crippen LogP contribution in [0.1, 0.15) is 10.4 Å². The van der Waals surface area contributed by atoms with Gasteiger partial charge >= 0.3 is 0 Å². The van der Waals surface area contributed by atoms with Crippen molar-refractivity contribution < 1.29 is 9.59 Å². The Labute approximate surface area is 118 Å². The van der Waals surface area contributed by atoms with E-state index in [2.05, 4.69) is 5.32 Å². The van der Waals surface area contributed by atoms with Gasteiger partial charge in [-0.15, -0.1) is 0 Å². The largest absolute Gasteiger partial charge is 0.345 e. The number of amides is 1. The van der Waals surface area contributed by atoms with Gasteiger partial charge in [-0.05, 0) is 12.1 Å². The van der Waals surface area contributed by atoms with Crippen LogP contribution in [-0.2, 0) is 4.79 Å². The zero-order chi connectivity index (χ0) is 13.1. The second-order valence-corrected chi connectivity index (χ2v) is 5.83. The number of nitrogens with one attached hydrogen (secondary N) is 1. The highest BCUT2D eigenvalue weighted by Gasteiger charge is 2.30. The molecule has 0 unspecified atom stereocenters. The van der Waals surface area contributed by atoms with E-state index in [-0.39, 0.29) is 12.3 Å². The molecule has 1 aromatic carbocycles. The third-order valence-electron chi connectivity index (χ3n) is 1.81. The molecule has 0 saturated carbocycles. The first-order chi connectivity index (χ1) is 7.80. The van der Waals surface area contributed by atoms with Crippen molar-refractivity contribution in [1.29, 1.82) is 0 Å². The first-order valence-corrected chi connectivity index (χ1v) is 5.95. The van der Waals surface area contributed by atoms with Gasteiger partial charge in [-0.1, -0.05) is 58.5 Å². The average Bonchev–Trinajstić information content (AvgIpc) is 2.24. The van der Waals surface area contributed by atoms with E-state index in [1.165, 1.54) is 6.07 Å². The normalized spacial score (nSPS) is 11.1. The topological polar surface area (TPSA) is 46.2 Å². The van der Waals surface area contributed by atoms with Crippen LogP contribution in [0.25, 0.3) is 0 Å². The van der Waals surface area contributed by atoms with Gasteiger partial charge < -0.3 is 5.32 Å². The summed E-state index contributed by atoms with van der Waals surface area (Å²) in [5.74, 6) is -1.17. The molecule has 0 spiro atoms. The Bertz CT molecular complexity index is 442. The quantitative estimate of drug-likeness (QED) is 0.688. The summed E-state index contributed by atoms with van der Waals surface area (Å²) in [5, 5.41) is 2.65. The van der Waals surface area contributed by atoms with Crippen molar-refractivity contribution in [2.24, 2.45) is 0 Å². The lowest BCUT2D eigenvalue weighted by Gasteiger charge is -2.10. The molecule has 0 aromatic heterocycles. The molecule has 0 atom stereocenters. The number of rotatable bonds is 3. The first kappa shape index (κ1) is 14.6. The minimum absolute atomic E-state index is 0.257. The van der Waals surface area contributed by atoms with Gasteiger partial charge in [0.05, 0.1) is 6.54 Å². The lowest BCUT2D eigenvalue weighted by atomic mass is 10.1. The van der Waals surface area contributed by atoms with E-state index < -0.39 is 9.70 Å². The van der Waals surface area contributed by atoms with Gasteiger partial charge in [0.15, 0.2) is 5.78 Å². The highest BCUT2D eigenvalue weighted by Crippen LogP contribution is 2.25. The van der Waals surface area contributed by atoms with Gasteiger partial charge in [-0.25, -0.2) is 0 Å². The van der Waals surface area contributed by atoms with E-state index in [4.69, 9.17) is 46.4 Å². The minimum atomic E-state index is -2.07. The Hall–Kier alpha value is -0.480. The van der Waals surface area contributed by atoms with E-state index in [9.17, 15) is 9.59 Å². The van der Waals surface area contributed by atoms with E-state index in [0.717, 1.165) is 0 Å². The van der Waals surface area contributed by atoms with E-state index >= 15 is 0 Å². The van der Waals surface area contributed by atoms with Crippen LogP contribution in [0.3, 0.4) is 0 Å². The van der Waals surface area contributed by atoms with E-state index in [1.807, 2.05) is 0 Å². The molecule has 0 aliphatic rings. The standard InChI is InChI=1S/C10H7Cl4NO2/c11-7-3-1-2-6(4-7)8(16)5-15-9(17)10(12,13)14/h1-4H,5H2,(H,15,17). The average molecular weight is 315 g/mol. The van der Waals surface area contributed by atoms with Gasteiger partial charge in [0.25, 0.3) is 9.70 Å². The van der Waals surface area contributed by atoms with Crippen LogP contribution in [0.2, 0.25) is 5.02 Å². The molecule has 17 heavy (non-hydrogen) atoms. The number of carbonyl (C=O) groups excluding carboxylic acids is 2. The molecule has 0 saturated heterocycles. The molecule has 0 heterocycles. The molecule has 3 nitrogen and oxygen atoms in total. The molecule has 1 rings (SSSR count). The number of Topliss-reactive ketones (excluding diaryl/α,β-unsaturated/α-hetero) is 1. The Balaban J connectivity index is 2.60. The fourth-order valence-electron chi connectivity index (χ4n) is 1.02. The van der Waals surface area contributed by atoms with Crippen molar-refractivity contribution in [2.45, 2.75) is 3.79 Å². The highest BCUT2D eigenvalue weighted by atomic mass is 35.6. The zero-order valence-electron chi connectivity index (χ0n) is 8.34. The predicted molar refractivity (Wildman–Crippen MR) is 69.1 cm³/mol. The third-order valence-corrected chi connectivity index (χ3v) is 2.56. The molecule has 0 fully saturated rings. The van der Waals surface area contributed by atoms with Crippen molar-refractivity contribution in [3.8, 4) is 0 Å². The molecule has 7 heteroatoms. The second-order valence-electron chi connectivity index (χ2n) is 3.11. The third kappa shape index (κ3) is 4.72. The SMILES string of the molecule is O=C(CNC(=O)C(Cl)(Cl)Cl)c1cccc(Cl)c1. The second kappa shape index (κ2) is 5.91. The Morgan fingerprint density at radius 2 is 1.88 bits per heavy atom. The maximum atomic E-state index is 11.6. The lowest BCUT2D eigenvalue weighted by Crippen LogP contribution is -2.37. The van der Waals surface area contributed by atoms with Crippen molar-refractivity contribution in [3.05, 3.63) is 34.9 Å². The molecule has 0 radical (unpaired) electrons. The lowest BCUT2D eigenvalue weighted by molar-refractivity contribution is -0.120. The van der Waals surface area contributed by atoms with Gasteiger partial charge in [0, 0.05) is 10.6 Å². The molecule has 92 valence electrons. The molecular weight excluding hydrogens is 308 g/mol. The van der Waals surface area contributed by atoms with Crippen LogP contribution < -0.4 is 5.32 Å². The summed E-state index contributed by atoms with van der Waals surface area (Å²) in [6.45, 7) is -0.257. The maximum absolute atomic E-state index is 11.6. The van der Waals surface area contributed by atoms with Crippen LogP contribution in [-0.4, -0.2) is 22.0 Å². The summed E-state index contributed by atoms with van der Waals surface area (Å²) in [5.41, 5.74) is 0.377. The predicted octanol–water partition coefficient (Wildman–Crippen LogP) is 3.01. The Morgan fingerprint density at radius 1 is 1.24 bits per heavy atom. The number of halogens is 4. The van der Waals surface area contributed by atoms with Gasteiger partial charge in [-0.2, -0.15) is 0 Å². The van der Waals surface area contributed by atoms with Crippen molar-refractivity contribution >= 4 is 58.1 Å². The summed E-state index contributed by atoms with van der Waals surface area (Å²) < 4.78 is -2.07. The van der Waals surface area contributed by atoms with Crippen LogP contribution in [0.15, 0.2) is 24.3 Å².